The Hall–Kier alpha value is -1.33. The number of carbonyl (C=O) groups excluding carboxylic acids is 1. The maximum atomic E-state index is 13.1. The van der Waals surface area contributed by atoms with Gasteiger partial charge in [0, 0.05) is 42.7 Å². The molecule has 5 heteroatoms. The lowest BCUT2D eigenvalue weighted by Gasteiger charge is -2.57. The second-order valence-electron chi connectivity index (χ2n) is 8.65. The van der Waals surface area contributed by atoms with Crippen LogP contribution in [-0.4, -0.2) is 42.9 Å². The molecule has 142 valence electrons. The van der Waals surface area contributed by atoms with E-state index in [0.717, 1.165) is 44.6 Å². The van der Waals surface area contributed by atoms with Crippen LogP contribution in [0.2, 0.25) is 0 Å². The van der Waals surface area contributed by atoms with E-state index in [1.54, 1.807) is 0 Å². The molecule has 5 rings (SSSR count). The van der Waals surface area contributed by atoms with Crippen LogP contribution >= 0.6 is 0 Å². The maximum Gasteiger partial charge on any atom is 0.253 e. The molecule has 0 bridgehead atoms. The predicted molar refractivity (Wildman–Crippen MR) is 98.5 cm³/mol. The average molecular weight is 358 g/mol. The SMILES string of the molecule is CCO[C@@H]1C[C@@H](NC(=O)c2cc(C3CC3)[nH]c2C2CC2)C12CCOCC2. The zero-order valence-corrected chi connectivity index (χ0v) is 15.7. The van der Waals surface area contributed by atoms with Crippen LogP contribution in [0.4, 0.5) is 0 Å². The van der Waals surface area contributed by atoms with E-state index in [1.807, 2.05) is 0 Å². The van der Waals surface area contributed by atoms with Gasteiger partial charge < -0.3 is 19.8 Å². The molecule has 0 aromatic carbocycles. The summed E-state index contributed by atoms with van der Waals surface area (Å²) < 4.78 is 11.6. The lowest BCUT2D eigenvalue weighted by Crippen LogP contribution is -2.66. The van der Waals surface area contributed by atoms with Crippen LogP contribution in [0, 0.1) is 5.41 Å². The molecule has 4 fully saturated rings. The molecule has 1 amide bonds. The number of amides is 1. The Bertz CT molecular complexity index is 683. The Morgan fingerprint density at radius 2 is 2.00 bits per heavy atom. The highest BCUT2D eigenvalue weighted by Gasteiger charge is 2.56. The molecule has 1 aromatic heterocycles. The van der Waals surface area contributed by atoms with Crippen molar-refractivity contribution >= 4 is 5.91 Å². The molecule has 5 nitrogen and oxygen atoms in total. The largest absolute Gasteiger partial charge is 0.381 e. The van der Waals surface area contributed by atoms with E-state index in [-0.39, 0.29) is 23.5 Å². The van der Waals surface area contributed by atoms with Crippen molar-refractivity contribution in [2.75, 3.05) is 19.8 Å². The van der Waals surface area contributed by atoms with Gasteiger partial charge in [0.2, 0.25) is 0 Å². The van der Waals surface area contributed by atoms with Gasteiger partial charge in [-0.25, -0.2) is 0 Å². The molecule has 2 atom stereocenters. The second-order valence-corrected chi connectivity index (χ2v) is 8.65. The first kappa shape index (κ1) is 16.8. The van der Waals surface area contributed by atoms with Gasteiger partial charge in [0.1, 0.15) is 0 Å². The summed E-state index contributed by atoms with van der Waals surface area (Å²) in [4.78, 5) is 16.7. The van der Waals surface area contributed by atoms with Crippen molar-refractivity contribution in [2.45, 2.75) is 75.9 Å². The van der Waals surface area contributed by atoms with Crippen molar-refractivity contribution in [3.63, 3.8) is 0 Å². The zero-order valence-electron chi connectivity index (χ0n) is 15.7. The first-order chi connectivity index (χ1) is 12.7. The summed E-state index contributed by atoms with van der Waals surface area (Å²) in [5.41, 5.74) is 3.43. The van der Waals surface area contributed by atoms with Crippen molar-refractivity contribution in [3.8, 4) is 0 Å². The maximum absolute atomic E-state index is 13.1. The van der Waals surface area contributed by atoms with E-state index < -0.39 is 0 Å². The van der Waals surface area contributed by atoms with Crippen molar-refractivity contribution in [1.29, 1.82) is 0 Å². The summed E-state index contributed by atoms with van der Waals surface area (Å²) in [5.74, 6) is 1.33. The van der Waals surface area contributed by atoms with Gasteiger partial charge in [-0.15, -0.1) is 0 Å². The molecule has 26 heavy (non-hydrogen) atoms. The number of hydrogen-bond acceptors (Lipinski definition) is 3. The quantitative estimate of drug-likeness (QED) is 0.818. The van der Waals surface area contributed by atoms with Crippen LogP contribution in [0.15, 0.2) is 6.07 Å². The van der Waals surface area contributed by atoms with Gasteiger partial charge >= 0.3 is 0 Å². The van der Waals surface area contributed by atoms with Crippen molar-refractivity contribution < 1.29 is 14.3 Å². The van der Waals surface area contributed by atoms with E-state index in [4.69, 9.17) is 9.47 Å². The molecule has 0 unspecified atom stereocenters. The lowest BCUT2D eigenvalue weighted by atomic mass is 9.57. The van der Waals surface area contributed by atoms with Gasteiger partial charge in [0.15, 0.2) is 0 Å². The molecule has 0 radical (unpaired) electrons. The minimum Gasteiger partial charge on any atom is -0.381 e. The Labute approximate surface area is 155 Å². The highest BCUT2D eigenvalue weighted by molar-refractivity contribution is 5.96. The summed E-state index contributed by atoms with van der Waals surface area (Å²) in [6.45, 7) is 4.35. The zero-order chi connectivity index (χ0) is 17.7. The lowest BCUT2D eigenvalue weighted by molar-refractivity contribution is -0.170. The number of carbonyl (C=O) groups is 1. The molecule has 3 aliphatic carbocycles. The van der Waals surface area contributed by atoms with Crippen LogP contribution in [0.3, 0.4) is 0 Å². The van der Waals surface area contributed by atoms with Crippen LogP contribution in [0.1, 0.15) is 85.5 Å². The molecule has 1 saturated heterocycles. The van der Waals surface area contributed by atoms with Gasteiger partial charge in [0.25, 0.3) is 5.91 Å². The number of aromatic amines is 1. The third-order valence-electron chi connectivity index (χ3n) is 7.00. The van der Waals surface area contributed by atoms with Gasteiger partial charge in [-0.2, -0.15) is 0 Å². The van der Waals surface area contributed by atoms with E-state index in [9.17, 15) is 4.79 Å². The number of hydrogen-bond donors (Lipinski definition) is 2. The number of H-pyrrole nitrogens is 1. The van der Waals surface area contributed by atoms with E-state index >= 15 is 0 Å². The molecular formula is C21H30N2O3. The number of ether oxygens (including phenoxy) is 2. The molecule has 3 saturated carbocycles. The highest BCUT2D eigenvalue weighted by atomic mass is 16.5. The summed E-state index contributed by atoms with van der Waals surface area (Å²) in [6.07, 6.45) is 8.10. The highest BCUT2D eigenvalue weighted by Crippen LogP contribution is 2.51. The van der Waals surface area contributed by atoms with E-state index in [1.165, 1.54) is 37.1 Å². The van der Waals surface area contributed by atoms with Gasteiger partial charge in [0.05, 0.1) is 11.7 Å². The van der Waals surface area contributed by atoms with Crippen LogP contribution in [0.25, 0.3) is 0 Å². The second kappa shape index (κ2) is 6.38. The monoisotopic (exact) mass is 358 g/mol. The molecule has 1 spiro atoms. The Morgan fingerprint density at radius 1 is 1.27 bits per heavy atom. The van der Waals surface area contributed by atoms with Crippen LogP contribution < -0.4 is 5.32 Å². The third-order valence-corrected chi connectivity index (χ3v) is 7.00. The topological polar surface area (TPSA) is 63.3 Å². The Kier molecular flexibility index (Phi) is 4.13. The van der Waals surface area contributed by atoms with Gasteiger partial charge in [-0.1, -0.05) is 0 Å². The average Bonchev–Trinajstić information content (AvgIpc) is 3.60. The fraction of sp³-hybridized carbons (Fsp3) is 0.762. The number of nitrogens with one attached hydrogen (secondary N) is 2. The van der Waals surface area contributed by atoms with E-state index in [2.05, 4.69) is 23.3 Å². The molecule has 1 aliphatic heterocycles. The molecular weight excluding hydrogens is 328 g/mol. The summed E-state index contributed by atoms with van der Waals surface area (Å²) in [6, 6.07) is 2.34. The molecule has 1 aromatic rings. The van der Waals surface area contributed by atoms with Crippen molar-refractivity contribution in [3.05, 3.63) is 23.0 Å². The minimum absolute atomic E-state index is 0.0687. The fourth-order valence-corrected chi connectivity index (χ4v) is 5.03. The standard InChI is InChI=1S/C21H30N2O3/c1-2-26-18-12-17(21(18)7-9-25-10-8-21)23-20(24)15-11-16(13-3-4-13)22-19(15)14-5-6-14/h11,13-14,17-18,22H,2-10,12H2,1H3,(H,23,24)/t17-,18-/m1/s1. The predicted octanol–water partition coefficient (Wildman–Crippen LogP) is 3.47. The fourth-order valence-electron chi connectivity index (χ4n) is 5.03. The van der Waals surface area contributed by atoms with Crippen molar-refractivity contribution in [2.24, 2.45) is 5.41 Å². The van der Waals surface area contributed by atoms with Gasteiger partial charge in [-0.05, 0) is 69.8 Å². The van der Waals surface area contributed by atoms with E-state index in [0.29, 0.717) is 11.8 Å². The minimum atomic E-state index is 0.0687. The number of rotatable bonds is 6. The summed E-state index contributed by atoms with van der Waals surface area (Å²) in [5, 5.41) is 3.38. The normalized spacial score (nSPS) is 30.2. The summed E-state index contributed by atoms with van der Waals surface area (Å²) >= 11 is 0. The summed E-state index contributed by atoms with van der Waals surface area (Å²) in [7, 11) is 0. The smallest absolute Gasteiger partial charge is 0.253 e. The molecule has 2 heterocycles. The first-order valence-electron chi connectivity index (χ1n) is 10.4. The van der Waals surface area contributed by atoms with Crippen LogP contribution in [0.5, 0.6) is 0 Å². The number of aromatic nitrogens is 1. The third kappa shape index (κ3) is 2.80. The molecule has 4 aliphatic rings. The van der Waals surface area contributed by atoms with Crippen LogP contribution in [-0.2, 0) is 9.47 Å². The first-order valence-corrected chi connectivity index (χ1v) is 10.4. The Morgan fingerprint density at radius 3 is 2.65 bits per heavy atom. The Balaban J connectivity index is 1.33. The van der Waals surface area contributed by atoms with Gasteiger partial charge in [-0.3, -0.25) is 4.79 Å². The molecule has 2 N–H and O–H groups in total. The van der Waals surface area contributed by atoms with Crippen molar-refractivity contribution in [1.82, 2.24) is 10.3 Å².